The highest BCUT2D eigenvalue weighted by Gasteiger charge is 2.17. The van der Waals surface area contributed by atoms with Crippen molar-refractivity contribution < 1.29 is 9.59 Å². The number of carbonyl (C=O) groups is 2. The maximum Gasteiger partial charge on any atom is 0.317 e. The van der Waals surface area contributed by atoms with E-state index in [4.69, 9.17) is 0 Å². The molecule has 0 aliphatic carbocycles. The molecular weight excluding hydrogens is 260 g/mol. The Hall–Kier alpha value is -2.12. The molecule has 1 atom stereocenters. The number of amides is 3. The van der Waals surface area contributed by atoms with Crippen molar-refractivity contribution in [2.45, 2.75) is 32.9 Å². The maximum atomic E-state index is 11.8. The average molecular weight is 282 g/mol. The summed E-state index contributed by atoms with van der Waals surface area (Å²) in [4.78, 5) is 24.4. The molecule has 0 aromatic carbocycles. The van der Waals surface area contributed by atoms with Crippen LogP contribution in [0.5, 0.6) is 0 Å². The third-order valence-electron chi connectivity index (χ3n) is 2.73. The van der Waals surface area contributed by atoms with Crippen LogP contribution in [0.3, 0.4) is 0 Å². The summed E-state index contributed by atoms with van der Waals surface area (Å²) in [7, 11) is 3.22. The van der Waals surface area contributed by atoms with Crippen LogP contribution in [-0.4, -0.2) is 52.2 Å². The molecule has 8 heteroatoms. The Bertz CT molecular complexity index is 468. The first kappa shape index (κ1) is 15.9. The van der Waals surface area contributed by atoms with Gasteiger partial charge in [0.05, 0.1) is 12.6 Å². The summed E-state index contributed by atoms with van der Waals surface area (Å²) in [6.07, 6.45) is 1.64. The van der Waals surface area contributed by atoms with Crippen LogP contribution >= 0.6 is 0 Å². The van der Waals surface area contributed by atoms with Gasteiger partial charge in [0.2, 0.25) is 5.91 Å². The van der Waals surface area contributed by atoms with Gasteiger partial charge in [0.15, 0.2) is 5.82 Å². The third kappa shape index (κ3) is 4.22. The zero-order valence-corrected chi connectivity index (χ0v) is 12.5. The smallest absolute Gasteiger partial charge is 0.317 e. The van der Waals surface area contributed by atoms with Crippen molar-refractivity contribution in [2.24, 2.45) is 0 Å². The second-order valence-corrected chi connectivity index (χ2v) is 5.03. The average Bonchev–Trinajstić information content (AvgIpc) is 2.84. The highest BCUT2D eigenvalue weighted by Crippen LogP contribution is 2.13. The number of aromatic nitrogens is 3. The van der Waals surface area contributed by atoms with Gasteiger partial charge in [0.25, 0.3) is 0 Å². The first-order chi connectivity index (χ1) is 9.32. The van der Waals surface area contributed by atoms with Crippen LogP contribution in [0.2, 0.25) is 0 Å². The van der Waals surface area contributed by atoms with E-state index >= 15 is 0 Å². The van der Waals surface area contributed by atoms with E-state index in [2.05, 4.69) is 20.8 Å². The van der Waals surface area contributed by atoms with Gasteiger partial charge >= 0.3 is 6.03 Å². The second kappa shape index (κ2) is 6.88. The highest BCUT2D eigenvalue weighted by atomic mass is 16.2. The first-order valence-corrected chi connectivity index (χ1v) is 6.46. The van der Waals surface area contributed by atoms with E-state index in [1.54, 1.807) is 20.4 Å². The van der Waals surface area contributed by atoms with Crippen LogP contribution in [-0.2, 0) is 4.79 Å². The Kier molecular flexibility index (Phi) is 5.48. The molecule has 1 heterocycles. The van der Waals surface area contributed by atoms with E-state index < -0.39 is 0 Å². The maximum absolute atomic E-state index is 11.8. The number of nitrogens with one attached hydrogen (secondary N) is 2. The van der Waals surface area contributed by atoms with Gasteiger partial charge in [-0.2, -0.15) is 0 Å². The summed E-state index contributed by atoms with van der Waals surface area (Å²) >= 11 is 0. The fourth-order valence-corrected chi connectivity index (χ4v) is 1.63. The molecule has 112 valence electrons. The van der Waals surface area contributed by atoms with Crippen LogP contribution in [0.1, 0.15) is 38.7 Å². The van der Waals surface area contributed by atoms with Crippen LogP contribution < -0.4 is 10.6 Å². The summed E-state index contributed by atoms with van der Waals surface area (Å²) in [5.74, 6) is 0.415. The minimum Gasteiger partial charge on any atom is -0.345 e. The summed E-state index contributed by atoms with van der Waals surface area (Å²) in [6.45, 7) is 5.78. The molecule has 0 aliphatic rings. The molecule has 0 aliphatic heterocycles. The van der Waals surface area contributed by atoms with Crippen molar-refractivity contribution in [1.82, 2.24) is 30.3 Å². The van der Waals surface area contributed by atoms with Gasteiger partial charge in [-0.1, -0.05) is 0 Å². The molecule has 0 fully saturated rings. The number of hydrogen-bond donors (Lipinski definition) is 2. The number of urea groups is 1. The van der Waals surface area contributed by atoms with Gasteiger partial charge in [0, 0.05) is 20.1 Å². The number of hydrogen-bond acceptors (Lipinski definition) is 4. The van der Waals surface area contributed by atoms with Crippen molar-refractivity contribution in [3.8, 4) is 0 Å². The molecule has 8 nitrogen and oxygen atoms in total. The molecule has 3 amide bonds. The summed E-state index contributed by atoms with van der Waals surface area (Å²) < 4.78 is 1.89. The molecule has 0 saturated heterocycles. The molecule has 0 radical (unpaired) electrons. The van der Waals surface area contributed by atoms with Gasteiger partial charge in [-0.05, 0) is 20.8 Å². The molecule has 1 aromatic heterocycles. The van der Waals surface area contributed by atoms with Gasteiger partial charge in [0.1, 0.15) is 6.33 Å². The lowest BCUT2D eigenvalue weighted by Crippen LogP contribution is -2.42. The minimum atomic E-state index is -0.307. The lowest BCUT2D eigenvalue weighted by Gasteiger charge is -2.17. The Morgan fingerprint density at radius 1 is 1.35 bits per heavy atom. The minimum absolute atomic E-state index is 0.0723. The van der Waals surface area contributed by atoms with Crippen LogP contribution in [0.15, 0.2) is 6.33 Å². The third-order valence-corrected chi connectivity index (χ3v) is 2.73. The van der Waals surface area contributed by atoms with Gasteiger partial charge in [-0.25, -0.2) is 4.79 Å². The molecule has 1 unspecified atom stereocenters. The molecular formula is C12H22N6O2. The number of rotatable bonds is 5. The van der Waals surface area contributed by atoms with Crippen LogP contribution in [0, 0.1) is 0 Å². The topological polar surface area (TPSA) is 92.2 Å². The molecule has 20 heavy (non-hydrogen) atoms. The van der Waals surface area contributed by atoms with Crippen LogP contribution in [0.25, 0.3) is 0 Å². The van der Waals surface area contributed by atoms with E-state index in [0.717, 1.165) is 0 Å². The van der Waals surface area contributed by atoms with E-state index in [0.29, 0.717) is 5.82 Å². The fourth-order valence-electron chi connectivity index (χ4n) is 1.63. The summed E-state index contributed by atoms with van der Waals surface area (Å²) in [6, 6.07) is -0.366. The molecule has 2 N–H and O–H groups in total. The van der Waals surface area contributed by atoms with E-state index in [-0.39, 0.29) is 30.6 Å². The van der Waals surface area contributed by atoms with Crippen LogP contribution in [0.4, 0.5) is 4.79 Å². The zero-order chi connectivity index (χ0) is 15.3. The first-order valence-electron chi connectivity index (χ1n) is 6.46. The zero-order valence-electron chi connectivity index (χ0n) is 12.5. The Labute approximate surface area is 118 Å². The predicted octanol–water partition coefficient (Wildman–Crippen LogP) is 0.307. The largest absolute Gasteiger partial charge is 0.345 e. The molecule has 1 rings (SSSR count). The van der Waals surface area contributed by atoms with E-state index in [1.807, 2.05) is 25.3 Å². The molecule has 0 bridgehead atoms. The number of carbonyl (C=O) groups excluding carboxylic acids is 2. The standard InChI is InChI=1S/C12H22N6O2/c1-8(2)18-7-14-16-11(18)9(3)15-10(19)6-13-12(20)17(4)5/h7-9H,6H2,1-5H3,(H,13,20)(H,15,19). The Morgan fingerprint density at radius 2 is 2.00 bits per heavy atom. The molecule has 1 aromatic rings. The van der Waals surface area contributed by atoms with E-state index in [1.165, 1.54) is 4.90 Å². The highest BCUT2D eigenvalue weighted by molar-refractivity contribution is 5.83. The fraction of sp³-hybridized carbons (Fsp3) is 0.667. The monoisotopic (exact) mass is 282 g/mol. The van der Waals surface area contributed by atoms with Crippen molar-refractivity contribution >= 4 is 11.9 Å². The summed E-state index contributed by atoms with van der Waals surface area (Å²) in [5.41, 5.74) is 0. The van der Waals surface area contributed by atoms with Gasteiger partial charge < -0.3 is 20.1 Å². The molecule has 0 spiro atoms. The van der Waals surface area contributed by atoms with Crippen molar-refractivity contribution in [2.75, 3.05) is 20.6 Å². The Morgan fingerprint density at radius 3 is 2.55 bits per heavy atom. The van der Waals surface area contributed by atoms with Gasteiger partial charge in [-0.15, -0.1) is 10.2 Å². The predicted molar refractivity (Wildman–Crippen MR) is 74.1 cm³/mol. The Balaban J connectivity index is 2.53. The molecule has 0 saturated carbocycles. The number of nitrogens with zero attached hydrogens (tertiary/aromatic N) is 4. The lowest BCUT2D eigenvalue weighted by molar-refractivity contribution is -0.120. The van der Waals surface area contributed by atoms with Gasteiger partial charge in [-0.3, -0.25) is 4.79 Å². The summed E-state index contributed by atoms with van der Waals surface area (Å²) in [5, 5.41) is 13.1. The SMILES string of the molecule is CC(NC(=O)CNC(=O)N(C)C)c1nncn1C(C)C. The van der Waals surface area contributed by atoms with Crippen molar-refractivity contribution in [3.63, 3.8) is 0 Å². The van der Waals surface area contributed by atoms with Crippen molar-refractivity contribution in [1.29, 1.82) is 0 Å². The van der Waals surface area contributed by atoms with E-state index in [9.17, 15) is 9.59 Å². The van der Waals surface area contributed by atoms with Crippen molar-refractivity contribution in [3.05, 3.63) is 12.2 Å². The quantitative estimate of drug-likeness (QED) is 0.813. The lowest BCUT2D eigenvalue weighted by atomic mass is 10.3. The normalized spacial score (nSPS) is 12.1. The second-order valence-electron chi connectivity index (χ2n) is 5.03.